The second kappa shape index (κ2) is 9.75. The van der Waals surface area contributed by atoms with Crippen LogP contribution in [0.2, 0.25) is 0 Å². The van der Waals surface area contributed by atoms with Gasteiger partial charge in [0, 0.05) is 37.0 Å². The second-order valence-electron chi connectivity index (χ2n) is 13.8. The molecule has 2 aliphatic heterocycles. The Morgan fingerprint density at radius 1 is 1.10 bits per heavy atom. The maximum atomic E-state index is 12.9. The lowest BCUT2D eigenvalue weighted by atomic mass is 9.43. The molecule has 9 atom stereocenters. The minimum atomic E-state index is -0.970. The number of morpholine rings is 1. The molecule has 0 aromatic carbocycles. The van der Waals surface area contributed by atoms with E-state index >= 15 is 0 Å². The minimum Gasteiger partial charge on any atom is -0.481 e. The molecule has 4 aliphatic carbocycles. The SMILES string of the molecule is C[C@]12CC[C@H](NC(=O)N3CCOCC3)C[C@H]1CC[C@@H]1[C@@H]2CC[C@]2(C)[C@@H](C3=CC(=O)OC3)[C@H](CC(=O)O)C[C@]12O. The first-order valence-corrected chi connectivity index (χ1v) is 15.0. The third-order valence-corrected chi connectivity index (χ3v) is 12.1. The number of nitrogens with zero attached hydrogens (tertiary/aromatic N) is 1. The van der Waals surface area contributed by atoms with E-state index in [0.717, 1.165) is 50.5 Å². The van der Waals surface area contributed by atoms with E-state index in [1.54, 1.807) is 6.08 Å². The molecule has 9 heteroatoms. The zero-order valence-electron chi connectivity index (χ0n) is 23.3. The molecule has 0 radical (unpaired) electrons. The predicted octanol–water partition coefficient (Wildman–Crippen LogP) is 3.35. The van der Waals surface area contributed by atoms with Crippen molar-refractivity contribution in [3.63, 3.8) is 0 Å². The summed E-state index contributed by atoms with van der Waals surface area (Å²) in [6, 6.07) is 0.197. The number of aliphatic carboxylic acids is 1. The van der Waals surface area contributed by atoms with Crippen molar-refractivity contribution in [3.8, 4) is 0 Å². The molecule has 2 heterocycles. The molecule has 1 saturated heterocycles. The highest BCUT2D eigenvalue weighted by atomic mass is 16.5. The van der Waals surface area contributed by atoms with Crippen LogP contribution in [0, 0.1) is 40.4 Å². The summed E-state index contributed by atoms with van der Waals surface area (Å²) in [5.41, 5.74) is -0.505. The number of rotatable bonds is 4. The van der Waals surface area contributed by atoms with Crippen molar-refractivity contribution in [3.05, 3.63) is 11.6 Å². The quantitative estimate of drug-likeness (QED) is 0.464. The number of carbonyl (C=O) groups excluding carboxylic acids is 2. The number of aliphatic hydroxyl groups is 1. The van der Waals surface area contributed by atoms with Gasteiger partial charge in [-0.1, -0.05) is 13.8 Å². The standard InChI is InChI=1S/C30H44N2O7/c1-28-7-5-21(31-27(36)32-9-11-38-12-10-32)15-20(28)3-4-23-22(28)6-8-29(2)26(19-14-25(35)39-17-19)18(13-24(33)34)16-30(23,29)37/h14,18,20-23,26,37H,3-13,15-17H2,1-2H3,(H,31,36)(H,33,34)/t18-,20-,21+,22+,23-,26-,28+,29-,30+/m1/s1. The maximum Gasteiger partial charge on any atom is 0.331 e. The van der Waals surface area contributed by atoms with Crippen LogP contribution >= 0.6 is 0 Å². The van der Waals surface area contributed by atoms with E-state index in [-0.39, 0.29) is 54.2 Å². The predicted molar refractivity (Wildman–Crippen MR) is 142 cm³/mol. The van der Waals surface area contributed by atoms with Crippen LogP contribution in [0.1, 0.15) is 71.6 Å². The number of hydrogen-bond donors (Lipinski definition) is 3. The largest absolute Gasteiger partial charge is 0.481 e. The van der Waals surface area contributed by atoms with Gasteiger partial charge in [0.2, 0.25) is 0 Å². The highest BCUT2D eigenvalue weighted by Gasteiger charge is 2.70. The van der Waals surface area contributed by atoms with Crippen LogP contribution in [0.3, 0.4) is 0 Å². The van der Waals surface area contributed by atoms with Crippen molar-refractivity contribution in [2.24, 2.45) is 40.4 Å². The van der Waals surface area contributed by atoms with Gasteiger partial charge in [0.25, 0.3) is 0 Å². The summed E-state index contributed by atoms with van der Waals surface area (Å²) in [4.78, 5) is 38.6. The third kappa shape index (κ3) is 4.30. The molecule has 0 bridgehead atoms. The van der Waals surface area contributed by atoms with Crippen molar-refractivity contribution in [1.29, 1.82) is 0 Å². The third-order valence-electron chi connectivity index (χ3n) is 12.1. The molecule has 6 aliphatic rings. The lowest BCUT2D eigenvalue weighted by molar-refractivity contribution is -0.204. The summed E-state index contributed by atoms with van der Waals surface area (Å²) in [6.45, 7) is 7.23. The first kappa shape index (κ1) is 27.1. The molecule has 0 aromatic heterocycles. The fourth-order valence-corrected chi connectivity index (χ4v) is 10.3. The topological polar surface area (TPSA) is 125 Å². The molecule has 2 amide bonds. The first-order chi connectivity index (χ1) is 18.5. The number of fused-ring (bicyclic) bond motifs is 5. The molecule has 6 rings (SSSR count). The fraction of sp³-hybridized carbons (Fsp3) is 0.833. The number of carboxylic acids is 1. The Balaban J connectivity index is 1.21. The molecule has 0 aromatic rings. The highest BCUT2D eigenvalue weighted by Crippen LogP contribution is 2.71. The Bertz CT molecular complexity index is 1060. The van der Waals surface area contributed by atoms with Gasteiger partial charge in [0.15, 0.2) is 0 Å². The summed E-state index contributed by atoms with van der Waals surface area (Å²) >= 11 is 0. The molecule has 9 nitrogen and oxygen atoms in total. The number of amides is 2. The maximum absolute atomic E-state index is 12.9. The molecular weight excluding hydrogens is 500 g/mol. The van der Waals surface area contributed by atoms with Gasteiger partial charge in [0.05, 0.1) is 18.8 Å². The van der Waals surface area contributed by atoms with Crippen molar-refractivity contribution < 1.29 is 34.1 Å². The summed E-state index contributed by atoms with van der Waals surface area (Å²) in [5.74, 6) is -0.632. The van der Waals surface area contributed by atoms with E-state index < -0.39 is 17.0 Å². The van der Waals surface area contributed by atoms with Crippen LogP contribution in [-0.4, -0.2) is 77.6 Å². The smallest absolute Gasteiger partial charge is 0.331 e. The molecule has 216 valence electrons. The van der Waals surface area contributed by atoms with Gasteiger partial charge in [0.1, 0.15) is 6.61 Å². The summed E-state index contributed by atoms with van der Waals surface area (Å²) in [6.07, 6.45) is 8.70. The zero-order chi connectivity index (χ0) is 27.6. The Morgan fingerprint density at radius 3 is 2.56 bits per heavy atom. The van der Waals surface area contributed by atoms with E-state index in [2.05, 4.69) is 19.2 Å². The highest BCUT2D eigenvalue weighted by molar-refractivity contribution is 5.85. The fourth-order valence-electron chi connectivity index (χ4n) is 10.3. The number of cyclic esters (lactones) is 1. The van der Waals surface area contributed by atoms with Gasteiger partial charge in [-0.25, -0.2) is 9.59 Å². The lowest BCUT2D eigenvalue weighted by Gasteiger charge is -2.63. The number of urea groups is 1. The van der Waals surface area contributed by atoms with Gasteiger partial charge in [-0.3, -0.25) is 4.79 Å². The van der Waals surface area contributed by atoms with Crippen LogP contribution in [-0.2, 0) is 19.1 Å². The molecule has 3 N–H and O–H groups in total. The van der Waals surface area contributed by atoms with E-state index in [1.807, 2.05) is 4.90 Å². The van der Waals surface area contributed by atoms with Crippen molar-refractivity contribution in [1.82, 2.24) is 10.2 Å². The average Bonchev–Trinajstić information content (AvgIpc) is 3.41. The van der Waals surface area contributed by atoms with Gasteiger partial charge < -0.3 is 29.9 Å². The lowest BCUT2D eigenvalue weighted by Crippen LogP contribution is -2.63. The monoisotopic (exact) mass is 544 g/mol. The van der Waals surface area contributed by atoms with E-state index in [9.17, 15) is 24.6 Å². The van der Waals surface area contributed by atoms with Gasteiger partial charge in [-0.15, -0.1) is 0 Å². The molecule has 4 saturated carbocycles. The second-order valence-corrected chi connectivity index (χ2v) is 13.8. The number of ether oxygens (including phenoxy) is 2. The van der Waals surface area contributed by atoms with E-state index in [4.69, 9.17) is 9.47 Å². The van der Waals surface area contributed by atoms with Crippen LogP contribution in [0.5, 0.6) is 0 Å². The Hall–Kier alpha value is -2.13. The summed E-state index contributed by atoms with van der Waals surface area (Å²) < 4.78 is 10.6. The summed E-state index contributed by atoms with van der Waals surface area (Å²) in [7, 11) is 0. The zero-order valence-corrected chi connectivity index (χ0v) is 23.3. The van der Waals surface area contributed by atoms with Gasteiger partial charge in [-0.05, 0) is 91.9 Å². The van der Waals surface area contributed by atoms with E-state index in [1.165, 1.54) is 0 Å². The molecule has 0 spiro atoms. The van der Waals surface area contributed by atoms with Crippen molar-refractivity contribution in [2.75, 3.05) is 32.9 Å². The van der Waals surface area contributed by atoms with Crippen molar-refractivity contribution >= 4 is 18.0 Å². The van der Waals surface area contributed by atoms with Crippen LogP contribution in [0.25, 0.3) is 0 Å². The van der Waals surface area contributed by atoms with E-state index in [0.29, 0.717) is 44.6 Å². The van der Waals surface area contributed by atoms with Crippen LogP contribution < -0.4 is 5.32 Å². The van der Waals surface area contributed by atoms with Crippen molar-refractivity contribution in [2.45, 2.75) is 83.3 Å². The molecule has 5 fully saturated rings. The summed E-state index contributed by atoms with van der Waals surface area (Å²) in [5, 5.41) is 25.7. The van der Waals surface area contributed by atoms with Gasteiger partial charge >= 0.3 is 18.0 Å². The number of nitrogens with one attached hydrogen (secondary N) is 1. The first-order valence-electron chi connectivity index (χ1n) is 15.0. The molecule has 39 heavy (non-hydrogen) atoms. The Kier molecular flexibility index (Phi) is 6.77. The number of esters is 1. The number of carbonyl (C=O) groups is 3. The number of hydrogen-bond acceptors (Lipinski definition) is 6. The van der Waals surface area contributed by atoms with Gasteiger partial charge in [-0.2, -0.15) is 0 Å². The minimum absolute atomic E-state index is 0.00407. The van der Waals surface area contributed by atoms with Crippen LogP contribution in [0.4, 0.5) is 4.79 Å². The molecule has 0 unspecified atom stereocenters. The van der Waals surface area contributed by atoms with Crippen LogP contribution in [0.15, 0.2) is 11.6 Å². The Labute approximate surface area is 230 Å². The number of carboxylic acid groups (broad SMARTS) is 1. The molecular formula is C30H44N2O7. The Morgan fingerprint density at radius 2 is 1.87 bits per heavy atom. The normalized spacial score (nSPS) is 45.5. The average molecular weight is 545 g/mol.